The lowest BCUT2D eigenvalue weighted by Crippen LogP contribution is -2.43. The van der Waals surface area contributed by atoms with Crippen LogP contribution in [0, 0.1) is 13.8 Å². The molecule has 0 saturated carbocycles. The topological polar surface area (TPSA) is 102 Å². The van der Waals surface area contributed by atoms with Gasteiger partial charge < -0.3 is 5.32 Å². The standard InChI is InChI=1S/C30H24N8/c1-20-8-5-10-22(32-20)25-14-15-27(36-35-25)24-12-7-18-30(34-24,28-13-3-4-19-31-28)29-17-16-26(37-38-29)23-11-6-9-21(2)33-23/h3-19,34H,1-2H3. The predicted molar refractivity (Wildman–Crippen MR) is 145 cm³/mol. The summed E-state index contributed by atoms with van der Waals surface area (Å²) in [7, 11) is 0. The van der Waals surface area contributed by atoms with E-state index in [1.165, 1.54) is 0 Å². The molecule has 5 aromatic rings. The third-order valence-electron chi connectivity index (χ3n) is 6.32. The molecule has 0 radical (unpaired) electrons. The molecule has 0 aromatic carbocycles. The van der Waals surface area contributed by atoms with Gasteiger partial charge >= 0.3 is 0 Å². The van der Waals surface area contributed by atoms with Crippen LogP contribution in [0.15, 0.2) is 103 Å². The molecule has 8 nitrogen and oxygen atoms in total. The Bertz CT molecular complexity index is 1640. The summed E-state index contributed by atoms with van der Waals surface area (Å²) in [5, 5.41) is 21.7. The van der Waals surface area contributed by atoms with Crippen LogP contribution in [0.3, 0.4) is 0 Å². The summed E-state index contributed by atoms with van der Waals surface area (Å²) < 4.78 is 0. The normalized spacial score (nSPS) is 16.5. The van der Waals surface area contributed by atoms with Crippen molar-refractivity contribution in [1.29, 1.82) is 0 Å². The van der Waals surface area contributed by atoms with E-state index in [1.54, 1.807) is 6.20 Å². The van der Waals surface area contributed by atoms with E-state index in [2.05, 4.69) is 40.7 Å². The molecule has 1 N–H and O–H groups in total. The number of hydrogen-bond acceptors (Lipinski definition) is 8. The summed E-state index contributed by atoms with van der Waals surface area (Å²) in [6.45, 7) is 3.91. The maximum Gasteiger partial charge on any atom is 0.143 e. The minimum atomic E-state index is -0.852. The zero-order valence-electron chi connectivity index (χ0n) is 20.9. The zero-order valence-corrected chi connectivity index (χ0v) is 20.9. The van der Waals surface area contributed by atoms with E-state index < -0.39 is 5.54 Å². The Balaban J connectivity index is 1.36. The van der Waals surface area contributed by atoms with Gasteiger partial charge in [-0.05, 0) is 86.7 Å². The monoisotopic (exact) mass is 496 g/mol. The maximum absolute atomic E-state index is 4.67. The molecular weight excluding hydrogens is 472 g/mol. The van der Waals surface area contributed by atoms with Crippen molar-refractivity contribution in [1.82, 2.24) is 40.7 Å². The first-order valence-corrected chi connectivity index (χ1v) is 12.3. The molecule has 0 amide bonds. The van der Waals surface area contributed by atoms with Crippen molar-refractivity contribution in [3.05, 3.63) is 132 Å². The Morgan fingerprint density at radius 2 is 1.24 bits per heavy atom. The number of aromatic nitrogens is 7. The van der Waals surface area contributed by atoms with Crippen LogP contribution in [0.2, 0.25) is 0 Å². The van der Waals surface area contributed by atoms with Crippen LogP contribution in [-0.2, 0) is 5.54 Å². The zero-order chi connectivity index (χ0) is 26.0. The van der Waals surface area contributed by atoms with Gasteiger partial charge in [-0.2, -0.15) is 5.10 Å². The number of aryl methyl sites for hydroxylation is 2. The van der Waals surface area contributed by atoms with E-state index in [1.807, 2.05) is 111 Å². The highest BCUT2D eigenvalue weighted by molar-refractivity contribution is 5.68. The third-order valence-corrected chi connectivity index (χ3v) is 6.32. The molecule has 0 spiro atoms. The van der Waals surface area contributed by atoms with Gasteiger partial charge in [0.25, 0.3) is 0 Å². The number of hydrogen-bond donors (Lipinski definition) is 1. The van der Waals surface area contributed by atoms with Gasteiger partial charge in [-0.15, -0.1) is 15.3 Å². The van der Waals surface area contributed by atoms with Crippen LogP contribution < -0.4 is 5.32 Å². The van der Waals surface area contributed by atoms with Crippen molar-refractivity contribution in [3.63, 3.8) is 0 Å². The number of pyridine rings is 3. The first-order valence-electron chi connectivity index (χ1n) is 12.3. The van der Waals surface area contributed by atoms with Gasteiger partial charge in [0, 0.05) is 17.6 Å². The number of nitrogens with zero attached hydrogens (tertiary/aromatic N) is 7. The average molecular weight is 497 g/mol. The predicted octanol–water partition coefficient (Wildman–Crippen LogP) is 4.85. The molecule has 0 saturated heterocycles. The SMILES string of the molecule is Cc1cccc(-c2ccc(C3=CC=CC(c4ccccn4)(c4ccc(-c5cccc(C)n5)nn4)N3)nn2)n1. The lowest BCUT2D eigenvalue weighted by Gasteiger charge is -2.34. The van der Waals surface area contributed by atoms with Crippen LogP contribution in [0.25, 0.3) is 28.5 Å². The summed E-state index contributed by atoms with van der Waals surface area (Å²) in [6.07, 6.45) is 7.75. The van der Waals surface area contributed by atoms with Crippen molar-refractivity contribution in [3.8, 4) is 22.8 Å². The van der Waals surface area contributed by atoms with Gasteiger partial charge in [0.05, 0.1) is 28.5 Å². The van der Waals surface area contributed by atoms with Gasteiger partial charge in [0.1, 0.15) is 22.6 Å². The highest BCUT2D eigenvalue weighted by atomic mass is 15.2. The second kappa shape index (κ2) is 9.74. The van der Waals surface area contributed by atoms with Gasteiger partial charge in [0.2, 0.25) is 0 Å². The lowest BCUT2D eigenvalue weighted by molar-refractivity contribution is 0.535. The highest BCUT2D eigenvalue weighted by Crippen LogP contribution is 2.34. The summed E-state index contributed by atoms with van der Waals surface area (Å²) in [5.41, 5.74) is 6.96. The van der Waals surface area contributed by atoms with Gasteiger partial charge in [-0.1, -0.05) is 24.3 Å². The highest BCUT2D eigenvalue weighted by Gasteiger charge is 2.37. The Labute approximate surface area is 220 Å². The maximum atomic E-state index is 4.67. The van der Waals surface area contributed by atoms with E-state index in [9.17, 15) is 0 Å². The summed E-state index contributed by atoms with van der Waals surface area (Å²) in [4.78, 5) is 13.8. The molecule has 0 fully saturated rings. The molecule has 0 aliphatic carbocycles. The van der Waals surface area contributed by atoms with Gasteiger partial charge in [-0.3, -0.25) is 15.0 Å². The quantitative estimate of drug-likeness (QED) is 0.369. The van der Waals surface area contributed by atoms with E-state index in [0.29, 0.717) is 22.8 Å². The number of nitrogens with one attached hydrogen (secondary N) is 1. The first kappa shape index (κ1) is 23.3. The molecular formula is C30H24N8. The van der Waals surface area contributed by atoms with E-state index in [0.717, 1.165) is 34.2 Å². The molecule has 6 heterocycles. The first-order chi connectivity index (χ1) is 18.6. The van der Waals surface area contributed by atoms with Crippen molar-refractivity contribution in [2.45, 2.75) is 19.4 Å². The molecule has 0 bridgehead atoms. The fourth-order valence-electron chi connectivity index (χ4n) is 4.42. The fraction of sp³-hybridized carbons (Fsp3) is 0.100. The molecule has 1 aliphatic rings. The molecule has 184 valence electrons. The number of rotatable bonds is 5. The van der Waals surface area contributed by atoms with Crippen molar-refractivity contribution < 1.29 is 0 Å². The Hall–Kier alpha value is -5.11. The largest absolute Gasteiger partial charge is 0.364 e. The van der Waals surface area contributed by atoms with E-state index in [-0.39, 0.29) is 0 Å². The summed E-state index contributed by atoms with van der Waals surface area (Å²) >= 11 is 0. The molecule has 1 atom stereocenters. The minimum absolute atomic E-state index is 0.694. The van der Waals surface area contributed by atoms with Crippen molar-refractivity contribution in [2.24, 2.45) is 0 Å². The van der Waals surface area contributed by atoms with Crippen LogP contribution in [0.1, 0.15) is 28.5 Å². The molecule has 1 unspecified atom stereocenters. The van der Waals surface area contributed by atoms with Crippen molar-refractivity contribution in [2.75, 3.05) is 0 Å². The Morgan fingerprint density at radius 3 is 1.82 bits per heavy atom. The molecule has 8 heteroatoms. The Morgan fingerprint density at radius 1 is 0.579 bits per heavy atom. The second-order valence-electron chi connectivity index (χ2n) is 9.02. The summed E-state index contributed by atoms with van der Waals surface area (Å²) in [5.74, 6) is 0. The minimum Gasteiger partial charge on any atom is -0.364 e. The van der Waals surface area contributed by atoms with E-state index in [4.69, 9.17) is 0 Å². The number of dihydropyridines is 1. The van der Waals surface area contributed by atoms with Crippen LogP contribution in [-0.4, -0.2) is 35.3 Å². The van der Waals surface area contributed by atoms with Crippen LogP contribution in [0.4, 0.5) is 0 Å². The smallest absolute Gasteiger partial charge is 0.143 e. The molecule has 38 heavy (non-hydrogen) atoms. The lowest BCUT2D eigenvalue weighted by atomic mass is 9.87. The fourth-order valence-corrected chi connectivity index (χ4v) is 4.42. The van der Waals surface area contributed by atoms with Gasteiger partial charge in [0.15, 0.2) is 0 Å². The van der Waals surface area contributed by atoms with Gasteiger partial charge in [-0.25, -0.2) is 0 Å². The second-order valence-corrected chi connectivity index (χ2v) is 9.02. The van der Waals surface area contributed by atoms with Crippen LogP contribution >= 0.6 is 0 Å². The molecule has 5 aromatic heterocycles. The van der Waals surface area contributed by atoms with E-state index >= 15 is 0 Å². The third kappa shape index (κ3) is 4.43. The molecule has 6 rings (SSSR count). The van der Waals surface area contributed by atoms with Crippen molar-refractivity contribution >= 4 is 5.70 Å². The Kier molecular flexibility index (Phi) is 5.97. The van der Waals surface area contributed by atoms with Crippen LogP contribution in [0.5, 0.6) is 0 Å². The number of allylic oxidation sites excluding steroid dienone is 2. The molecule has 1 aliphatic heterocycles. The summed E-state index contributed by atoms with van der Waals surface area (Å²) in [6, 6.07) is 25.3. The average Bonchev–Trinajstić information content (AvgIpc) is 2.98.